The van der Waals surface area contributed by atoms with Crippen LogP contribution in [-0.4, -0.2) is 47.0 Å². The maximum absolute atomic E-state index is 13.0. The minimum Gasteiger partial charge on any atom is -0.486 e. The third-order valence-electron chi connectivity index (χ3n) is 6.93. The maximum atomic E-state index is 13.0. The lowest BCUT2D eigenvalue weighted by atomic mass is 9.82. The zero-order chi connectivity index (χ0) is 23.0. The second-order valence-electron chi connectivity index (χ2n) is 9.03. The second kappa shape index (κ2) is 8.52. The Balaban J connectivity index is 1.26. The second-order valence-corrected chi connectivity index (χ2v) is 9.03. The van der Waals surface area contributed by atoms with Crippen molar-refractivity contribution in [3.05, 3.63) is 71.4 Å². The molecule has 6 heteroatoms. The van der Waals surface area contributed by atoms with Crippen molar-refractivity contribution in [1.82, 2.24) is 9.47 Å². The normalized spacial score (nSPS) is 17.9. The van der Waals surface area contributed by atoms with E-state index in [0.29, 0.717) is 17.7 Å². The van der Waals surface area contributed by atoms with Crippen LogP contribution in [0.15, 0.2) is 54.6 Å². The number of para-hydroxylation sites is 1. The molecule has 0 aliphatic carbocycles. The quantitative estimate of drug-likeness (QED) is 0.442. The molecule has 2 aliphatic rings. The number of ketones is 1. The first-order valence-electron chi connectivity index (χ1n) is 11.3. The van der Waals surface area contributed by atoms with Gasteiger partial charge in [-0.25, -0.2) is 4.79 Å². The Bertz CT molecular complexity index is 1250. The number of nitrogens with zero attached hydrogens (tertiary/aromatic N) is 2. The molecular formula is C27H28N2O4. The third-order valence-corrected chi connectivity index (χ3v) is 6.93. The molecule has 0 amide bonds. The van der Waals surface area contributed by atoms with Crippen LogP contribution in [0.4, 0.5) is 0 Å². The number of rotatable bonds is 4. The van der Waals surface area contributed by atoms with E-state index in [9.17, 15) is 9.59 Å². The number of fused-ring (bicyclic) bond motifs is 2. The summed E-state index contributed by atoms with van der Waals surface area (Å²) in [6.07, 6.45) is 5.04. The lowest BCUT2D eigenvalue weighted by Gasteiger charge is -2.44. The van der Waals surface area contributed by atoms with Gasteiger partial charge in [-0.1, -0.05) is 24.3 Å². The van der Waals surface area contributed by atoms with Crippen molar-refractivity contribution in [2.45, 2.75) is 31.4 Å². The van der Waals surface area contributed by atoms with Crippen LogP contribution < -0.4 is 4.74 Å². The molecule has 0 bridgehead atoms. The number of carbonyl (C=O) groups excluding carboxylic acids is 2. The fraction of sp³-hybridized carbons (Fsp3) is 0.333. The number of benzene rings is 2. The van der Waals surface area contributed by atoms with Crippen molar-refractivity contribution in [3.63, 3.8) is 0 Å². The van der Waals surface area contributed by atoms with E-state index in [1.807, 2.05) is 12.1 Å². The average molecular weight is 445 g/mol. The molecule has 6 nitrogen and oxygen atoms in total. The highest BCUT2D eigenvalue weighted by Gasteiger charge is 2.43. The van der Waals surface area contributed by atoms with E-state index in [1.165, 1.54) is 29.8 Å². The van der Waals surface area contributed by atoms with E-state index in [4.69, 9.17) is 4.74 Å². The van der Waals surface area contributed by atoms with Crippen molar-refractivity contribution in [1.29, 1.82) is 0 Å². The van der Waals surface area contributed by atoms with Gasteiger partial charge in [0.1, 0.15) is 11.4 Å². The fourth-order valence-corrected chi connectivity index (χ4v) is 4.97. The largest absolute Gasteiger partial charge is 0.486 e. The Morgan fingerprint density at radius 1 is 1.15 bits per heavy atom. The summed E-state index contributed by atoms with van der Waals surface area (Å²) in [5, 5.41) is 1.27. The Hall–Kier alpha value is -3.38. The number of hydrogen-bond acceptors (Lipinski definition) is 5. The van der Waals surface area contributed by atoms with E-state index in [0.717, 1.165) is 38.0 Å². The highest BCUT2D eigenvalue weighted by atomic mass is 16.5. The van der Waals surface area contributed by atoms with Crippen LogP contribution in [0, 0.1) is 0 Å². The molecule has 1 spiro atoms. The molecular weight excluding hydrogens is 416 g/mol. The molecule has 33 heavy (non-hydrogen) atoms. The molecule has 0 N–H and O–H groups in total. The van der Waals surface area contributed by atoms with Gasteiger partial charge in [0.05, 0.1) is 19.1 Å². The molecule has 0 saturated carbocycles. The summed E-state index contributed by atoms with van der Waals surface area (Å²) in [4.78, 5) is 26.8. The average Bonchev–Trinajstić information content (AvgIpc) is 3.14. The van der Waals surface area contributed by atoms with Crippen molar-refractivity contribution in [3.8, 4) is 5.75 Å². The van der Waals surface area contributed by atoms with Crippen molar-refractivity contribution in [2.24, 2.45) is 7.05 Å². The number of ether oxygens (including phenoxy) is 2. The molecule has 170 valence electrons. The monoisotopic (exact) mass is 444 g/mol. The molecule has 2 aromatic carbocycles. The number of piperidine rings is 1. The molecule has 3 aromatic rings. The molecule has 2 aliphatic heterocycles. The van der Waals surface area contributed by atoms with Crippen molar-refractivity contribution >= 4 is 28.7 Å². The summed E-state index contributed by atoms with van der Waals surface area (Å²) in [5.41, 5.74) is 3.48. The number of carbonyl (C=O) groups is 2. The van der Waals surface area contributed by atoms with Gasteiger partial charge in [-0.3, -0.25) is 9.69 Å². The number of Topliss-reactive ketones (excluding diaryl/α,β-unsaturated/α-hetero) is 1. The zero-order valence-electron chi connectivity index (χ0n) is 19.0. The van der Waals surface area contributed by atoms with Crippen LogP contribution in [0.25, 0.3) is 17.0 Å². The van der Waals surface area contributed by atoms with E-state index in [1.54, 1.807) is 12.1 Å². The van der Waals surface area contributed by atoms with Crippen LogP contribution in [0.5, 0.6) is 5.75 Å². The van der Waals surface area contributed by atoms with Crippen LogP contribution >= 0.6 is 0 Å². The molecule has 0 unspecified atom stereocenters. The molecule has 0 radical (unpaired) electrons. The van der Waals surface area contributed by atoms with Gasteiger partial charge in [0.2, 0.25) is 0 Å². The summed E-state index contributed by atoms with van der Waals surface area (Å²) in [6.45, 7) is 2.68. The summed E-state index contributed by atoms with van der Waals surface area (Å²) in [7, 11) is 3.46. The summed E-state index contributed by atoms with van der Waals surface area (Å²) >= 11 is 0. The van der Waals surface area contributed by atoms with Gasteiger partial charge in [-0.05, 0) is 41.3 Å². The number of aromatic nitrogens is 1. The Kier molecular flexibility index (Phi) is 5.54. The topological polar surface area (TPSA) is 60.8 Å². The van der Waals surface area contributed by atoms with E-state index in [2.05, 4.69) is 51.6 Å². The first kappa shape index (κ1) is 21.5. The van der Waals surface area contributed by atoms with Gasteiger partial charge in [0.15, 0.2) is 5.78 Å². The third kappa shape index (κ3) is 4.18. The summed E-state index contributed by atoms with van der Waals surface area (Å²) in [6, 6.07) is 16.2. The first-order valence-corrected chi connectivity index (χ1v) is 11.3. The van der Waals surface area contributed by atoms with Crippen LogP contribution in [0.2, 0.25) is 0 Å². The molecule has 0 atom stereocenters. The van der Waals surface area contributed by atoms with Crippen molar-refractivity contribution < 1.29 is 19.1 Å². The number of esters is 1. The number of methoxy groups -OCH3 is 1. The van der Waals surface area contributed by atoms with E-state index in [-0.39, 0.29) is 5.78 Å². The lowest BCUT2D eigenvalue weighted by Crippen LogP contribution is -2.50. The highest BCUT2D eigenvalue weighted by molar-refractivity contribution is 6.01. The fourth-order valence-electron chi connectivity index (χ4n) is 4.97. The van der Waals surface area contributed by atoms with E-state index < -0.39 is 11.6 Å². The van der Waals surface area contributed by atoms with E-state index >= 15 is 0 Å². The van der Waals surface area contributed by atoms with Gasteiger partial charge < -0.3 is 14.0 Å². The van der Waals surface area contributed by atoms with Gasteiger partial charge in [-0.15, -0.1) is 0 Å². The van der Waals surface area contributed by atoms with Crippen LogP contribution in [-0.2, 0) is 23.1 Å². The van der Waals surface area contributed by atoms with Gasteiger partial charge in [0, 0.05) is 56.8 Å². The molecule has 1 aromatic heterocycles. The molecule has 1 saturated heterocycles. The SMILES string of the molecule is COC(=O)/C=C/c1ccc2c(c1)C(=O)CC1(CCN(Cc3cc4ccccc4n3C)CC1)O2. The van der Waals surface area contributed by atoms with Crippen LogP contribution in [0.3, 0.4) is 0 Å². The predicted molar refractivity (Wildman–Crippen MR) is 127 cm³/mol. The zero-order valence-corrected chi connectivity index (χ0v) is 19.0. The minimum absolute atomic E-state index is 0.103. The Morgan fingerprint density at radius 2 is 1.94 bits per heavy atom. The van der Waals surface area contributed by atoms with Gasteiger partial charge in [-0.2, -0.15) is 0 Å². The Morgan fingerprint density at radius 3 is 2.70 bits per heavy atom. The van der Waals surface area contributed by atoms with Crippen molar-refractivity contribution in [2.75, 3.05) is 20.2 Å². The van der Waals surface area contributed by atoms with Crippen LogP contribution in [0.1, 0.15) is 40.9 Å². The molecule has 5 rings (SSSR count). The summed E-state index contributed by atoms with van der Waals surface area (Å²) in [5.74, 6) is 0.319. The Labute approximate surface area is 193 Å². The molecule has 3 heterocycles. The molecule has 1 fully saturated rings. The number of likely N-dealkylation sites (tertiary alicyclic amines) is 1. The minimum atomic E-state index is -0.428. The predicted octanol–water partition coefficient (Wildman–Crippen LogP) is 4.36. The van der Waals surface area contributed by atoms with Gasteiger partial charge >= 0.3 is 5.97 Å². The smallest absolute Gasteiger partial charge is 0.330 e. The maximum Gasteiger partial charge on any atom is 0.330 e. The van der Waals surface area contributed by atoms with Gasteiger partial charge in [0.25, 0.3) is 0 Å². The number of aryl methyl sites for hydroxylation is 1. The number of hydrogen-bond donors (Lipinski definition) is 0. The lowest BCUT2D eigenvalue weighted by molar-refractivity contribution is -0.134. The highest BCUT2D eigenvalue weighted by Crippen LogP contribution is 2.40. The summed E-state index contributed by atoms with van der Waals surface area (Å²) < 4.78 is 13.3. The first-order chi connectivity index (χ1) is 16.0. The standard InChI is InChI=1S/C27H28N2O4/c1-28-21(16-20-5-3-4-6-23(20)28)18-29-13-11-27(12-14-29)17-24(30)22-15-19(7-9-25(22)33-27)8-10-26(31)32-2/h3-10,15-16H,11-14,17-18H2,1-2H3/b10-8+.